The Kier molecular flexibility index (Phi) is 5.16. The summed E-state index contributed by atoms with van der Waals surface area (Å²) in [6.45, 7) is 1.61. The molecule has 0 bridgehead atoms. The topological polar surface area (TPSA) is 90.7 Å². The van der Waals surface area contributed by atoms with Gasteiger partial charge in [-0.05, 0) is 35.5 Å². The Labute approximate surface area is 148 Å². The molecule has 0 saturated carbocycles. The van der Waals surface area contributed by atoms with Crippen LogP contribution < -0.4 is 0 Å². The molecule has 2 fully saturated rings. The number of carbonyl (C=O) groups is 3. The molecular weight excluding hydrogens is 342 g/mol. The Morgan fingerprint density at radius 3 is 2.56 bits per heavy atom. The molecule has 0 aromatic heterocycles. The number of rotatable bonds is 3. The van der Waals surface area contributed by atoms with Crippen molar-refractivity contribution < 1.29 is 19.1 Å². The van der Waals surface area contributed by atoms with E-state index in [0.29, 0.717) is 37.4 Å². The van der Waals surface area contributed by atoms with Crippen molar-refractivity contribution in [3.8, 4) is 6.07 Å². The lowest BCUT2D eigenvalue weighted by atomic mass is 10.1. The average molecular weight is 357 g/mol. The van der Waals surface area contributed by atoms with Crippen LogP contribution in [-0.4, -0.2) is 59.7 Å². The Morgan fingerprint density at radius 2 is 1.92 bits per heavy atom. The second kappa shape index (κ2) is 7.51. The Bertz CT molecular complexity index is 776. The van der Waals surface area contributed by atoms with Crippen LogP contribution in [0.2, 0.25) is 0 Å². The van der Waals surface area contributed by atoms with E-state index >= 15 is 0 Å². The second-order valence-corrected chi connectivity index (χ2v) is 6.49. The van der Waals surface area contributed by atoms with Crippen molar-refractivity contribution >= 4 is 34.9 Å². The van der Waals surface area contributed by atoms with Crippen LogP contribution in [0.3, 0.4) is 0 Å². The molecule has 0 N–H and O–H groups in total. The average Bonchev–Trinajstić information content (AvgIpc) is 2.90. The predicted molar refractivity (Wildman–Crippen MR) is 91.2 cm³/mol. The maximum Gasteiger partial charge on any atom is 0.294 e. The highest BCUT2D eigenvalue weighted by Crippen LogP contribution is 2.32. The predicted octanol–water partition coefficient (Wildman–Crippen LogP) is 1.45. The van der Waals surface area contributed by atoms with Crippen LogP contribution in [0, 0.1) is 11.3 Å². The van der Waals surface area contributed by atoms with Gasteiger partial charge in [-0.3, -0.25) is 19.3 Å². The van der Waals surface area contributed by atoms with Gasteiger partial charge >= 0.3 is 0 Å². The lowest BCUT2D eigenvalue weighted by Crippen LogP contribution is -2.46. The second-order valence-electron chi connectivity index (χ2n) is 5.49. The molecule has 3 rings (SSSR count). The monoisotopic (exact) mass is 357 g/mol. The van der Waals surface area contributed by atoms with Crippen LogP contribution in [0.1, 0.15) is 11.1 Å². The molecule has 128 valence electrons. The third-order valence-electron chi connectivity index (χ3n) is 3.87. The summed E-state index contributed by atoms with van der Waals surface area (Å²) in [5.74, 6) is -0.730. The minimum Gasteiger partial charge on any atom is -0.378 e. The fourth-order valence-electron chi connectivity index (χ4n) is 2.49. The number of thioether (sulfide) groups is 1. The van der Waals surface area contributed by atoms with Gasteiger partial charge in [0.05, 0.1) is 29.8 Å². The molecule has 0 aliphatic carbocycles. The molecule has 8 heteroatoms. The highest BCUT2D eigenvalue weighted by atomic mass is 32.2. The minimum atomic E-state index is -0.471. The number of morpholine rings is 1. The molecule has 2 aliphatic rings. The number of amides is 3. The van der Waals surface area contributed by atoms with Crippen molar-refractivity contribution in [1.82, 2.24) is 9.80 Å². The van der Waals surface area contributed by atoms with E-state index in [0.717, 1.165) is 16.7 Å². The molecule has 2 aliphatic heterocycles. The molecule has 0 unspecified atom stereocenters. The lowest BCUT2D eigenvalue weighted by molar-refractivity contribution is -0.139. The Balaban J connectivity index is 1.69. The van der Waals surface area contributed by atoms with E-state index in [1.807, 2.05) is 6.07 Å². The van der Waals surface area contributed by atoms with E-state index in [-0.39, 0.29) is 17.4 Å². The lowest BCUT2D eigenvalue weighted by Gasteiger charge is -2.28. The quantitative estimate of drug-likeness (QED) is 0.761. The molecular formula is C17H15N3O4S. The van der Waals surface area contributed by atoms with Crippen molar-refractivity contribution in [3.63, 3.8) is 0 Å². The van der Waals surface area contributed by atoms with Gasteiger partial charge in [-0.15, -0.1) is 0 Å². The van der Waals surface area contributed by atoms with Crippen molar-refractivity contribution in [3.05, 3.63) is 40.3 Å². The van der Waals surface area contributed by atoms with Gasteiger partial charge in [0, 0.05) is 13.1 Å². The van der Waals surface area contributed by atoms with Gasteiger partial charge in [0.15, 0.2) is 0 Å². The number of imide groups is 1. The van der Waals surface area contributed by atoms with Gasteiger partial charge in [0.25, 0.3) is 11.1 Å². The van der Waals surface area contributed by atoms with E-state index in [4.69, 9.17) is 10.00 Å². The first kappa shape index (κ1) is 17.2. The molecule has 1 aromatic carbocycles. The first-order valence-corrected chi connectivity index (χ1v) is 8.51. The maximum absolute atomic E-state index is 12.4. The smallest absolute Gasteiger partial charge is 0.294 e. The summed E-state index contributed by atoms with van der Waals surface area (Å²) >= 11 is 0.813. The van der Waals surface area contributed by atoms with Crippen LogP contribution >= 0.6 is 11.8 Å². The maximum atomic E-state index is 12.4. The third-order valence-corrected chi connectivity index (χ3v) is 4.78. The van der Waals surface area contributed by atoms with E-state index < -0.39 is 11.1 Å². The summed E-state index contributed by atoms with van der Waals surface area (Å²) in [5, 5.41) is 8.34. The van der Waals surface area contributed by atoms with E-state index in [9.17, 15) is 14.4 Å². The summed E-state index contributed by atoms with van der Waals surface area (Å²) in [4.78, 5) is 39.6. The molecule has 0 radical (unpaired) electrons. The normalized spacial score (nSPS) is 19.4. The number of nitrogens with zero attached hydrogens (tertiary/aromatic N) is 3. The fraction of sp³-hybridized carbons (Fsp3) is 0.294. The standard InChI is InChI=1S/C17H15N3O4S/c18-10-13-3-1-12(2-4-13)9-14-16(22)20(17(23)25-14)11-15(21)19-5-7-24-8-6-19/h1-4,9H,5-8,11H2/b14-9+. The minimum absolute atomic E-state index is 0.255. The van der Waals surface area contributed by atoms with Crippen LogP contribution in [-0.2, 0) is 14.3 Å². The number of nitriles is 1. The number of ether oxygens (including phenoxy) is 1. The number of benzene rings is 1. The molecule has 3 amide bonds. The van der Waals surface area contributed by atoms with Gasteiger partial charge in [-0.1, -0.05) is 12.1 Å². The van der Waals surface area contributed by atoms with E-state index in [2.05, 4.69) is 0 Å². The zero-order valence-corrected chi connectivity index (χ0v) is 14.1. The Morgan fingerprint density at radius 1 is 1.24 bits per heavy atom. The molecule has 0 spiro atoms. The van der Waals surface area contributed by atoms with Gasteiger partial charge < -0.3 is 9.64 Å². The third kappa shape index (κ3) is 3.90. The van der Waals surface area contributed by atoms with Gasteiger partial charge in [-0.25, -0.2) is 0 Å². The van der Waals surface area contributed by atoms with Crippen molar-refractivity contribution in [2.45, 2.75) is 0 Å². The summed E-state index contributed by atoms with van der Waals surface area (Å²) in [6, 6.07) is 8.69. The highest BCUT2D eigenvalue weighted by Gasteiger charge is 2.37. The molecule has 7 nitrogen and oxygen atoms in total. The molecule has 0 atom stereocenters. The van der Waals surface area contributed by atoms with Crippen LogP contribution in [0.4, 0.5) is 4.79 Å². The first-order chi connectivity index (χ1) is 12.1. The van der Waals surface area contributed by atoms with Crippen molar-refractivity contribution in [1.29, 1.82) is 5.26 Å². The van der Waals surface area contributed by atoms with Crippen molar-refractivity contribution in [2.24, 2.45) is 0 Å². The first-order valence-electron chi connectivity index (χ1n) is 7.69. The number of hydrogen-bond acceptors (Lipinski definition) is 6. The zero-order valence-electron chi connectivity index (χ0n) is 13.3. The van der Waals surface area contributed by atoms with Gasteiger partial charge in [0.1, 0.15) is 6.54 Å². The largest absolute Gasteiger partial charge is 0.378 e. The van der Waals surface area contributed by atoms with Crippen LogP contribution in [0.25, 0.3) is 6.08 Å². The molecule has 2 saturated heterocycles. The van der Waals surface area contributed by atoms with Crippen LogP contribution in [0.5, 0.6) is 0 Å². The summed E-state index contributed by atoms with van der Waals surface area (Å²) < 4.78 is 5.19. The number of carbonyl (C=O) groups excluding carboxylic acids is 3. The van der Waals surface area contributed by atoms with Gasteiger partial charge in [0.2, 0.25) is 5.91 Å². The summed E-state index contributed by atoms with van der Waals surface area (Å²) in [6.07, 6.45) is 1.59. The number of hydrogen-bond donors (Lipinski definition) is 0. The fourth-order valence-corrected chi connectivity index (χ4v) is 3.33. The summed E-state index contributed by atoms with van der Waals surface area (Å²) in [5.41, 5.74) is 1.23. The van der Waals surface area contributed by atoms with Gasteiger partial charge in [-0.2, -0.15) is 5.26 Å². The zero-order chi connectivity index (χ0) is 17.8. The van der Waals surface area contributed by atoms with E-state index in [1.54, 1.807) is 35.2 Å². The Hall–Kier alpha value is -2.63. The van der Waals surface area contributed by atoms with Crippen molar-refractivity contribution in [2.75, 3.05) is 32.8 Å². The molecule has 1 aromatic rings. The summed E-state index contributed by atoms with van der Waals surface area (Å²) in [7, 11) is 0. The molecule has 25 heavy (non-hydrogen) atoms. The highest BCUT2D eigenvalue weighted by molar-refractivity contribution is 8.18. The SMILES string of the molecule is N#Cc1ccc(/C=C2/SC(=O)N(CC(=O)N3CCOCC3)C2=O)cc1. The molecule has 2 heterocycles. The van der Waals surface area contributed by atoms with Crippen LogP contribution in [0.15, 0.2) is 29.2 Å². The van der Waals surface area contributed by atoms with E-state index in [1.165, 1.54) is 0 Å².